The number of fused-ring (bicyclic) bond motifs is 2. The van der Waals surface area contributed by atoms with Gasteiger partial charge in [-0.2, -0.15) is 0 Å². The Morgan fingerprint density at radius 2 is 1.33 bits per heavy atom. The summed E-state index contributed by atoms with van der Waals surface area (Å²) in [5.74, 6) is 3.00. The normalized spacial score (nSPS) is 13.6. The molecule has 0 atom stereocenters. The van der Waals surface area contributed by atoms with Crippen LogP contribution in [0.3, 0.4) is 0 Å². The Bertz CT molecular complexity index is 1230. The molecule has 6 nitrogen and oxygen atoms in total. The zero-order valence-corrected chi connectivity index (χ0v) is 16.1. The van der Waals surface area contributed by atoms with Gasteiger partial charge in [0.2, 0.25) is 13.6 Å². The highest BCUT2D eigenvalue weighted by atomic mass is 16.7. The number of imidazole rings is 1. The fraction of sp³-hybridized carbons (Fsp3) is 0.125. The van der Waals surface area contributed by atoms with Gasteiger partial charge in [-0.25, -0.2) is 4.98 Å². The third-order valence-electron chi connectivity index (χ3n) is 5.33. The number of hydrogen-bond acceptors (Lipinski definition) is 5. The maximum Gasteiger partial charge on any atom is 0.231 e. The lowest BCUT2D eigenvalue weighted by Gasteiger charge is -2.12. The molecular formula is C24H18N2O4. The second-order valence-corrected chi connectivity index (χ2v) is 7.19. The van der Waals surface area contributed by atoms with Crippen LogP contribution in [0.4, 0.5) is 0 Å². The van der Waals surface area contributed by atoms with E-state index in [0.29, 0.717) is 6.54 Å². The fourth-order valence-electron chi connectivity index (χ4n) is 3.88. The van der Waals surface area contributed by atoms with Crippen LogP contribution in [0.25, 0.3) is 22.5 Å². The van der Waals surface area contributed by atoms with Crippen LogP contribution in [-0.2, 0) is 6.54 Å². The van der Waals surface area contributed by atoms with E-state index in [-0.39, 0.29) is 13.6 Å². The van der Waals surface area contributed by atoms with E-state index < -0.39 is 0 Å². The van der Waals surface area contributed by atoms with Crippen LogP contribution in [0.2, 0.25) is 0 Å². The molecule has 0 saturated carbocycles. The lowest BCUT2D eigenvalue weighted by Crippen LogP contribution is -2.01. The molecule has 3 heterocycles. The molecule has 0 radical (unpaired) electrons. The fourth-order valence-corrected chi connectivity index (χ4v) is 3.88. The number of ether oxygens (including phenoxy) is 4. The smallest absolute Gasteiger partial charge is 0.231 e. The van der Waals surface area contributed by atoms with Crippen LogP contribution >= 0.6 is 0 Å². The molecule has 0 saturated heterocycles. The number of aromatic nitrogens is 2. The van der Waals surface area contributed by atoms with Crippen molar-refractivity contribution in [1.82, 2.24) is 9.55 Å². The van der Waals surface area contributed by atoms with Crippen molar-refractivity contribution in [2.24, 2.45) is 0 Å². The van der Waals surface area contributed by atoms with Gasteiger partial charge in [0, 0.05) is 17.7 Å². The minimum absolute atomic E-state index is 0.246. The Kier molecular flexibility index (Phi) is 3.87. The third-order valence-corrected chi connectivity index (χ3v) is 5.33. The van der Waals surface area contributed by atoms with Gasteiger partial charge in [-0.3, -0.25) is 0 Å². The largest absolute Gasteiger partial charge is 0.454 e. The van der Waals surface area contributed by atoms with Gasteiger partial charge in [-0.15, -0.1) is 0 Å². The Labute approximate surface area is 173 Å². The van der Waals surface area contributed by atoms with E-state index in [9.17, 15) is 0 Å². The number of hydrogen-bond donors (Lipinski definition) is 0. The van der Waals surface area contributed by atoms with Crippen molar-refractivity contribution >= 4 is 0 Å². The summed E-state index contributed by atoms with van der Waals surface area (Å²) in [5, 5.41) is 0. The van der Waals surface area contributed by atoms with Gasteiger partial charge in [-0.1, -0.05) is 30.3 Å². The molecule has 3 aromatic carbocycles. The van der Waals surface area contributed by atoms with E-state index in [1.165, 1.54) is 5.56 Å². The zero-order valence-electron chi connectivity index (χ0n) is 16.1. The molecule has 0 fully saturated rings. The number of nitrogens with zero attached hydrogens (tertiary/aromatic N) is 2. The standard InChI is InChI=1S/C24H18N2O4/c1-2-4-16(5-3-1)12-26-13-25-23(17-6-8-19-21(10-17)29-14-27-19)24(26)18-7-9-20-22(11-18)30-15-28-20/h1-11,13H,12,14-15H2. The Hall–Kier alpha value is -3.93. The van der Waals surface area contributed by atoms with Crippen molar-refractivity contribution in [2.75, 3.05) is 13.6 Å². The summed E-state index contributed by atoms with van der Waals surface area (Å²) in [6, 6.07) is 22.3. The average Bonchev–Trinajstić information content (AvgIpc) is 3.52. The topological polar surface area (TPSA) is 54.7 Å². The van der Waals surface area contributed by atoms with Gasteiger partial charge in [0.25, 0.3) is 0 Å². The van der Waals surface area contributed by atoms with Gasteiger partial charge < -0.3 is 23.5 Å². The molecule has 6 rings (SSSR count). The van der Waals surface area contributed by atoms with Gasteiger partial charge in [0.05, 0.1) is 17.7 Å². The first-order valence-corrected chi connectivity index (χ1v) is 9.74. The molecule has 30 heavy (non-hydrogen) atoms. The van der Waals surface area contributed by atoms with Crippen LogP contribution in [0, 0.1) is 0 Å². The van der Waals surface area contributed by atoms with Crippen molar-refractivity contribution in [3.63, 3.8) is 0 Å². The molecule has 0 N–H and O–H groups in total. The number of rotatable bonds is 4. The first kappa shape index (κ1) is 17.0. The molecule has 2 aliphatic rings. The molecule has 6 heteroatoms. The second kappa shape index (κ2) is 6.84. The zero-order chi connectivity index (χ0) is 19.9. The van der Waals surface area contributed by atoms with Crippen molar-refractivity contribution in [3.8, 4) is 45.5 Å². The molecule has 148 valence electrons. The minimum Gasteiger partial charge on any atom is -0.454 e. The van der Waals surface area contributed by atoms with E-state index >= 15 is 0 Å². The molecule has 2 aliphatic heterocycles. The van der Waals surface area contributed by atoms with Crippen LogP contribution in [0.15, 0.2) is 73.1 Å². The predicted molar refractivity (Wildman–Crippen MR) is 111 cm³/mol. The van der Waals surface area contributed by atoms with Crippen molar-refractivity contribution in [3.05, 3.63) is 78.6 Å². The molecule has 1 aromatic heterocycles. The predicted octanol–water partition coefficient (Wildman–Crippen LogP) is 4.72. The van der Waals surface area contributed by atoms with E-state index in [0.717, 1.165) is 45.5 Å². The van der Waals surface area contributed by atoms with Gasteiger partial charge in [0.1, 0.15) is 0 Å². The quantitative estimate of drug-likeness (QED) is 0.498. The van der Waals surface area contributed by atoms with Crippen LogP contribution in [-0.4, -0.2) is 23.1 Å². The second-order valence-electron chi connectivity index (χ2n) is 7.19. The van der Waals surface area contributed by atoms with Gasteiger partial charge >= 0.3 is 0 Å². The van der Waals surface area contributed by atoms with Crippen molar-refractivity contribution in [1.29, 1.82) is 0 Å². The molecule has 0 aliphatic carbocycles. The van der Waals surface area contributed by atoms with Crippen LogP contribution < -0.4 is 18.9 Å². The van der Waals surface area contributed by atoms with Gasteiger partial charge in [0.15, 0.2) is 23.0 Å². The first-order valence-electron chi connectivity index (χ1n) is 9.74. The van der Waals surface area contributed by atoms with Crippen LogP contribution in [0.1, 0.15) is 5.56 Å². The van der Waals surface area contributed by atoms with Crippen molar-refractivity contribution in [2.45, 2.75) is 6.54 Å². The molecule has 0 bridgehead atoms. The molecular weight excluding hydrogens is 380 g/mol. The van der Waals surface area contributed by atoms with E-state index in [1.54, 1.807) is 0 Å². The summed E-state index contributed by atoms with van der Waals surface area (Å²) in [7, 11) is 0. The maximum absolute atomic E-state index is 5.61. The summed E-state index contributed by atoms with van der Waals surface area (Å²) < 4.78 is 24.3. The van der Waals surface area contributed by atoms with E-state index in [2.05, 4.69) is 16.7 Å². The molecule has 0 amide bonds. The Balaban J connectivity index is 1.49. The molecule has 0 spiro atoms. The minimum atomic E-state index is 0.246. The summed E-state index contributed by atoms with van der Waals surface area (Å²) in [6.45, 7) is 1.20. The lowest BCUT2D eigenvalue weighted by atomic mass is 10.0. The highest BCUT2D eigenvalue weighted by molar-refractivity contribution is 5.81. The monoisotopic (exact) mass is 398 g/mol. The first-order chi connectivity index (χ1) is 14.8. The summed E-state index contributed by atoms with van der Waals surface area (Å²) in [4.78, 5) is 4.77. The molecule has 4 aromatic rings. The van der Waals surface area contributed by atoms with Crippen molar-refractivity contribution < 1.29 is 18.9 Å². The highest BCUT2D eigenvalue weighted by Gasteiger charge is 2.21. The summed E-state index contributed by atoms with van der Waals surface area (Å²) in [6.07, 6.45) is 1.88. The average molecular weight is 398 g/mol. The van der Waals surface area contributed by atoms with E-state index in [1.807, 2.05) is 60.9 Å². The summed E-state index contributed by atoms with van der Waals surface area (Å²) >= 11 is 0. The number of benzene rings is 3. The lowest BCUT2D eigenvalue weighted by molar-refractivity contribution is 0.173. The highest BCUT2D eigenvalue weighted by Crippen LogP contribution is 2.41. The maximum atomic E-state index is 5.61. The summed E-state index contributed by atoms with van der Waals surface area (Å²) in [5.41, 5.74) is 5.08. The third kappa shape index (κ3) is 2.85. The van der Waals surface area contributed by atoms with E-state index in [4.69, 9.17) is 23.9 Å². The molecule has 0 unspecified atom stereocenters. The Morgan fingerprint density at radius 3 is 2.07 bits per heavy atom. The van der Waals surface area contributed by atoms with Gasteiger partial charge in [-0.05, 0) is 42.0 Å². The SMILES string of the molecule is c1ccc(Cn2cnc(-c3ccc4c(c3)OCO4)c2-c2ccc3c(c2)OCO3)cc1. The Morgan fingerprint density at radius 1 is 0.700 bits per heavy atom. The van der Waals surface area contributed by atoms with Crippen LogP contribution in [0.5, 0.6) is 23.0 Å².